The fourth-order valence-electron chi connectivity index (χ4n) is 4.92. The summed E-state index contributed by atoms with van der Waals surface area (Å²) in [4.78, 5) is 12.6. The number of rotatable bonds is 8. The van der Waals surface area contributed by atoms with Gasteiger partial charge >= 0.3 is 5.97 Å². The van der Waals surface area contributed by atoms with Crippen LogP contribution in [-0.2, 0) is 20.7 Å². The van der Waals surface area contributed by atoms with E-state index in [0.29, 0.717) is 24.7 Å². The third kappa shape index (κ3) is 5.07. The van der Waals surface area contributed by atoms with Crippen molar-refractivity contribution in [1.82, 2.24) is 0 Å². The first-order chi connectivity index (χ1) is 15.6. The molecule has 0 N–H and O–H groups in total. The Hall–Kier alpha value is -2.60. The Kier molecular flexibility index (Phi) is 7.30. The summed E-state index contributed by atoms with van der Waals surface area (Å²) in [7, 11) is 3.24. The van der Waals surface area contributed by atoms with E-state index in [2.05, 4.69) is 0 Å². The molecule has 0 amide bonds. The first kappa shape index (κ1) is 22.6. The van der Waals surface area contributed by atoms with Crippen LogP contribution in [0.25, 0.3) is 0 Å². The molecule has 0 bridgehead atoms. The average Bonchev–Trinajstić information content (AvgIpc) is 3.48. The van der Waals surface area contributed by atoms with Gasteiger partial charge in [-0.3, -0.25) is 4.79 Å². The number of benzene rings is 2. The molecular formula is C26H31FO5. The fraction of sp³-hybridized carbons (Fsp3) is 0.500. The molecule has 1 aliphatic carbocycles. The summed E-state index contributed by atoms with van der Waals surface area (Å²) in [5.41, 5.74) is 2.01. The number of methoxy groups -OCH3 is 2. The average molecular weight is 443 g/mol. The number of ether oxygens (including phenoxy) is 4. The molecule has 1 unspecified atom stereocenters. The van der Waals surface area contributed by atoms with E-state index in [9.17, 15) is 9.18 Å². The summed E-state index contributed by atoms with van der Waals surface area (Å²) in [6.07, 6.45) is 4.52. The van der Waals surface area contributed by atoms with Gasteiger partial charge in [-0.1, -0.05) is 31.0 Å². The van der Waals surface area contributed by atoms with Crippen LogP contribution >= 0.6 is 0 Å². The van der Waals surface area contributed by atoms with Gasteiger partial charge in [-0.25, -0.2) is 4.39 Å². The van der Waals surface area contributed by atoms with Gasteiger partial charge in [-0.05, 0) is 60.6 Å². The minimum Gasteiger partial charge on any atom is -0.493 e. The largest absolute Gasteiger partial charge is 0.493 e. The molecule has 6 heteroatoms. The number of esters is 1. The maximum atomic E-state index is 13.5. The van der Waals surface area contributed by atoms with Crippen LogP contribution in [0.2, 0.25) is 0 Å². The summed E-state index contributed by atoms with van der Waals surface area (Å²) < 4.78 is 36.2. The Balaban J connectivity index is 1.51. The zero-order valence-electron chi connectivity index (χ0n) is 18.7. The standard InChI is InChI=1S/C26H31FO5/c1-29-23-12-7-17(14-24(23)30-2)13-20-15-31-25(18-8-10-21(27)11-9-18)22(20)16-32-26(28)19-5-3-4-6-19/h7-12,14,19-20,22,25H,3-6,13,15-16H2,1-2H3/t20-,22-,25?/m0/s1. The van der Waals surface area contributed by atoms with Crippen LogP contribution in [0.5, 0.6) is 11.5 Å². The second-order valence-electron chi connectivity index (χ2n) is 8.73. The lowest BCUT2D eigenvalue weighted by Gasteiger charge is -2.24. The Bertz CT molecular complexity index is 907. The normalized spacial score (nSPS) is 23.3. The third-order valence-corrected chi connectivity index (χ3v) is 6.74. The highest BCUT2D eigenvalue weighted by Gasteiger charge is 2.39. The summed E-state index contributed by atoms with van der Waals surface area (Å²) in [5, 5.41) is 0. The van der Waals surface area contributed by atoms with Gasteiger partial charge in [0.2, 0.25) is 0 Å². The van der Waals surface area contributed by atoms with Crippen LogP contribution in [0.4, 0.5) is 4.39 Å². The van der Waals surface area contributed by atoms with E-state index in [1.165, 1.54) is 12.1 Å². The van der Waals surface area contributed by atoms with Crippen LogP contribution in [0.3, 0.4) is 0 Å². The molecule has 0 spiro atoms. The van der Waals surface area contributed by atoms with Crippen LogP contribution in [0.15, 0.2) is 42.5 Å². The third-order valence-electron chi connectivity index (χ3n) is 6.74. The maximum absolute atomic E-state index is 13.5. The fourth-order valence-corrected chi connectivity index (χ4v) is 4.92. The molecule has 3 atom stereocenters. The van der Waals surface area contributed by atoms with Gasteiger partial charge in [-0.2, -0.15) is 0 Å². The number of hydrogen-bond donors (Lipinski definition) is 0. The van der Waals surface area contributed by atoms with Gasteiger partial charge in [-0.15, -0.1) is 0 Å². The summed E-state index contributed by atoms with van der Waals surface area (Å²) >= 11 is 0. The van der Waals surface area contributed by atoms with Crippen molar-refractivity contribution >= 4 is 5.97 Å². The van der Waals surface area contributed by atoms with Gasteiger partial charge in [0.05, 0.1) is 39.5 Å². The van der Waals surface area contributed by atoms with Gasteiger partial charge in [0, 0.05) is 5.92 Å². The van der Waals surface area contributed by atoms with Crippen molar-refractivity contribution in [2.24, 2.45) is 17.8 Å². The highest BCUT2D eigenvalue weighted by molar-refractivity contribution is 5.72. The van der Waals surface area contributed by atoms with E-state index in [0.717, 1.165) is 43.2 Å². The molecule has 4 rings (SSSR count). The van der Waals surface area contributed by atoms with Crippen molar-refractivity contribution in [2.75, 3.05) is 27.4 Å². The van der Waals surface area contributed by atoms with Crippen molar-refractivity contribution in [3.05, 3.63) is 59.4 Å². The van der Waals surface area contributed by atoms with Crippen molar-refractivity contribution in [3.63, 3.8) is 0 Å². The van der Waals surface area contributed by atoms with Crippen molar-refractivity contribution in [3.8, 4) is 11.5 Å². The van der Waals surface area contributed by atoms with Crippen LogP contribution < -0.4 is 9.47 Å². The minimum absolute atomic E-state index is 0.0149. The van der Waals surface area contributed by atoms with E-state index in [1.54, 1.807) is 26.4 Å². The monoisotopic (exact) mass is 442 g/mol. The molecule has 2 aliphatic rings. The van der Waals surface area contributed by atoms with E-state index >= 15 is 0 Å². The van der Waals surface area contributed by atoms with Gasteiger partial charge in [0.15, 0.2) is 11.5 Å². The Morgan fingerprint density at radius 2 is 1.75 bits per heavy atom. The van der Waals surface area contributed by atoms with Gasteiger partial charge in [0.25, 0.3) is 0 Å². The summed E-state index contributed by atoms with van der Waals surface area (Å²) in [6.45, 7) is 0.845. The van der Waals surface area contributed by atoms with E-state index in [-0.39, 0.29) is 35.6 Å². The van der Waals surface area contributed by atoms with E-state index in [4.69, 9.17) is 18.9 Å². The lowest BCUT2D eigenvalue weighted by Crippen LogP contribution is -2.26. The second-order valence-corrected chi connectivity index (χ2v) is 8.73. The lowest BCUT2D eigenvalue weighted by molar-refractivity contribution is -0.150. The first-order valence-corrected chi connectivity index (χ1v) is 11.3. The smallest absolute Gasteiger partial charge is 0.308 e. The van der Waals surface area contributed by atoms with Gasteiger partial charge < -0.3 is 18.9 Å². The molecule has 1 saturated heterocycles. The van der Waals surface area contributed by atoms with Crippen molar-refractivity contribution < 1.29 is 28.1 Å². The molecule has 5 nitrogen and oxygen atoms in total. The topological polar surface area (TPSA) is 54.0 Å². The molecule has 0 radical (unpaired) electrons. The summed E-state index contributed by atoms with van der Waals surface area (Å²) in [6, 6.07) is 12.3. The molecule has 172 valence electrons. The molecule has 2 aromatic rings. The molecule has 32 heavy (non-hydrogen) atoms. The highest BCUT2D eigenvalue weighted by atomic mass is 19.1. The Labute approximate surface area is 188 Å². The zero-order valence-corrected chi connectivity index (χ0v) is 18.7. The molecule has 0 aromatic heterocycles. The van der Waals surface area contributed by atoms with Crippen LogP contribution in [0.1, 0.15) is 42.9 Å². The maximum Gasteiger partial charge on any atom is 0.308 e. The summed E-state index contributed by atoms with van der Waals surface area (Å²) in [5.74, 6) is 1.15. The predicted octanol–water partition coefficient (Wildman–Crippen LogP) is 5.12. The quantitative estimate of drug-likeness (QED) is 0.531. The van der Waals surface area contributed by atoms with Crippen LogP contribution in [-0.4, -0.2) is 33.4 Å². The van der Waals surface area contributed by atoms with E-state index in [1.807, 2.05) is 18.2 Å². The van der Waals surface area contributed by atoms with Crippen molar-refractivity contribution in [2.45, 2.75) is 38.2 Å². The number of carbonyl (C=O) groups is 1. The van der Waals surface area contributed by atoms with Crippen LogP contribution in [0, 0.1) is 23.6 Å². The lowest BCUT2D eigenvalue weighted by atomic mass is 9.84. The molecule has 1 saturated carbocycles. The number of halogens is 1. The second kappa shape index (κ2) is 10.3. The molecule has 1 aliphatic heterocycles. The molecule has 1 heterocycles. The van der Waals surface area contributed by atoms with E-state index < -0.39 is 0 Å². The number of carbonyl (C=O) groups excluding carboxylic acids is 1. The Morgan fingerprint density at radius 3 is 2.44 bits per heavy atom. The molecule has 2 fully saturated rings. The van der Waals surface area contributed by atoms with Crippen molar-refractivity contribution in [1.29, 1.82) is 0 Å². The van der Waals surface area contributed by atoms with Gasteiger partial charge in [0.1, 0.15) is 5.82 Å². The number of hydrogen-bond acceptors (Lipinski definition) is 5. The molecular weight excluding hydrogens is 411 g/mol. The zero-order chi connectivity index (χ0) is 22.5. The highest BCUT2D eigenvalue weighted by Crippen LogP contribution is 2.41. The first-order valence-electron chi connectivity index (χ1n) is 11.3. The SMILES string of the molecule is COc1ccc(C[C@H]2COC(c3ccc(F)cc3)[C@H]2COC(=O)C2CCCC2)cc1OC. The predicted molar refractivity (Wildman–Crippen MR) is 118 cm³/mol. The Morgan fingerprint density at radius 1 is 1.03 bits per heavy atom. The minimum atomic E-state index is -0.280. The molecule has 2 aromatic carbocycles.